The second kappa shape index (κ2) is 8.89. The van der Waals surface area contributed by atoms with Crippen LogP contribution in [0.25, 0.3) is 0 Å². The Bertz CT molecular complexity index is 384. The summed E-state index contributed by atoms with van der Waals surface area (Å²) < 4.78 is 10.5. The highest BCUT2D eigenvalue weighted by Gasteiger charge is 2.08. The minimum absolute atomic E-state index is 0.0676. The summed E-state index contributed by atoms with van der Waals surface area (Å²) in [4.78, 5) is 11.5. The molecule has 0 saturated carbocycles. The molecule has 1 amide bonds. The first-order valence-electron chi connectivity index (χ1n) is 6.15. The van der Waals surface area contributed by atoms with Gasteiger partial charge in [0, 0.05) is 13.2 Å². The molecule has 1 heterocycles. The fraction of sp³-hybridized carbons (Fsp3) is 0.727. The predicted molar refractivity (Wildman–Crippen MR) is 71.6 cm³/mol. The third-order valence-corrected chi connectivity index (χ3v) is 2.86. The number of nitrogens with two attached hydrogens (primary N) is 1. The molecule has 108 valence electrons. The van der Waals surface area contributed by atoms with E-state index in [0.29, 0.717) is 24.3 Å². The molecule has 1 rings (SSSR count). The molecule has 19 heavy (non-hydrogen) atoms. The third-order valence-electron chi connectivity index (χ3n) is 2.04. The molecular weight excluding hydrogens is 268 g/mol. The van der Waals surface area contributed by atoms with E-state index in [1.54, 1.807) is 0 Å². The lowest BCUT2D eigenvalue weighted by molar-refractivity contribution is -0.118. The highest BCUT2D eigenvalue weighted by molar-refractivity contribution is 7.99. The highest BCUT2D eigenvalue weighted by Crippen LogP contribution is 2.15. The van der Waals surface area contributed by atoms with Crippen molar-refractivity contribution < 1.29 is 13.9 Å². The Hall–Kier alpha value is -1.12. The summed E-state index contributed by atoms with van der Waals surface area (Å²) in [5.74, 6) is 0.549. The topological polar surface area (TPSA) is 103 Å². The second-order valence-electron chi connectivity index (χ2n) is 4.08. The Balaban J connectivity index is 2.07. The summed E-state index contributed by atoms with van der Waals surface area (Å²) in [6.45, 7) is 5.42. The summed E-state index contributed by atoms with van der Waals surface area (Å²) in [6.07, 6.45) is 1.02. The monoisotopic (exact) mass is 288 g/mol. The number of carbonyl (C=O) groups is 1. The summed E-state index contributed by atoms with van der Waals surface area (Å²) >= 11 is 1.19. The molecule has 8 heteroatoms. The van der Waals surface area contributed by atoms with Crippen LogP contribution in [0.5, 0.6) is 0 Å². The molecule has 0 aliphatic rings. The largest absolute Gasteiger partial charge is 0.415 e. The van der Waals surface area contributed by atoms with E-state index in [4.69, 9.17) is 14.9 Å². The van der Waals surface area contributed by atoms with Crippen LogP contribution in [0.4, 0.5) is 0 Å². The van der Waals surface area contributed by atoms with Crippen LogP contribution in [0.1, 0.15) is 26.2 Å². The van der Waals surface area contributed by atoms with Crippen molar-refractivity contribution in [1.29, 1.82) is 0 Å². The number of thioether (sulfide) groups is 1. The number of aromatic nitrogens is 2. The van der Waals surface area contributed by atoms with E-state index < -0.39 is 0 Å². The minimum atomic E-state index is -0.0676. The van der Waals surface area contributed by atoms with E-state index in [-0.39, 0.29) is 24.3 Å². The zero-order valence-corrected chi connectivity index (χ0v) is 12.0. The molecule has 0 unspecified atom stereocenters. The van der Waals surface area contributed by atoms with Crippen molar-refractivity contribution in [2.24, 2.45) is 5.73 Å². The van der Waals surface area contributed by atoms with Crippen LogP contribution >= 0.6 is 11.8 Å². The first-order chi connectivity index (χ1) is 9.11. The van der Waals surface area contributed by atoms with Crippen LogP contribution in [0.2, 0.25) is 0 Å². The number of hydrogen-bond donors (Lipinski definition) is 2. The van der Waals surface area contributed by atoms with Crippen LogP contribution in [0.15, 0.2) is 9.64 Å². The number of nitrogens with zero attached hydrogens (tertiary/aromatic N) is 2. The van der Waals surface area contributed by atoms with Crippen molar-refractivity contribution >= 4 is 17.7 Å². The summed E-state index contributed by atoms with van der Waals surface area (Å²) in [6, 6.07) is 0. The third kappa shape index (κ3) is 7.14. The zero-order chi connectivity index (χ0) is 14.1. The average molecular weight is 288 g/mol. The fourth-order valence-electron chi connectivity index (χ4n) is 1.18. The quantitative estimate of drug-likeness (QED) is 0.505. The van der Waals surface area contributed by atoms with Gasteiger partial charge in [0.1, 0.15) is 0 Å². The molecule has 0 fully saturated rings. The number of hydrogen-bond acceptors (Lipinski definition) is 7. The van der Waals surface area contributed by atoms with E-state index >= 15 is 0 Å². The zero-order valence-electron chi connectivity index (χ0n) is 11.2. The maximum atomic E-state index is 11.5. The average Bonchev–Trinajstić information content (AvgIpc) is 2.83. The molecule has 0 radical (unpaired) electrons. The van der Waals surface area contributed by atoms with Gasteiger partial charge in [-0.15, -0.1) is 10.2 Å². The van der Waals surface area contributed by atoms with E-state index in [1.165, 1.54) is 11.8 Å². The van der Waals surface area contributed by atoms with Gasteiger partial charge in [0.2, 0.25) is 11.8 Å². The smallest absolute Gasteiger partial charge is 0.277 e. The van der Waals surface area contributed by atoms with Gasteiger partial charge in [-0.1, -0.05) is 11.8 Å². The minimum Gasteiger partial charge on any atom is -0.415 e. The molecule has 0 saturated heterocycles. The van der Waals surface area contributed by atoms with Crippen molar-refractivity contribution in [2.75, 3.05) is 18.9 Å². The van der Waals surface area contributed by atoms with Crippen LogP contribution < -0.4 is 11.1 Å². The maximum absolute atomic E-state index is 11.5. The number of nitrogens with one attached hydrogen (secondary N) is 1. The lowest BCUT2D eigenvalue weighted by Crippen LogP contribution is -2.27. The van der Waals surface area contributed by atoms with Gasteiger partial charge in [-0.3, -0.25) is 4.79 Å². The van der Waals surface area contributed by atoms with Gasteiger partial charge in [-0.25, -0.2) is 0 Å². The first kappa shape index (κ1) is 15.9. The first-order valence-corrected chi connectivity index (χ1v) is 7.14. The standard InChI is InChI=1S/C11H20N4O3S/c1-8(2)17-5-3-4-13-9(16)7-19-11-15-14-10(6-12)18-11/h8H,3-7,12H2,1-2H3,(H,13,16). The molecular formula is C11H20N4O3S. The van der Waals surface area contributed by atoms with E-state index in [1.807, 2.05) is 13.8 Å². The van der Waals surface area contributed by atoms with Gasteiger partial charge in [-0.05, 0) is 20.3 Å². The molecule has 0 aliphatic carbocycles. The Morgan fingerprint density at radius 1 is 1.53 bits per heavy atom. The number of rotatable bonds is 9. The Morgan fingerprint density at radius 2 is 2.32 bits per heavy atom. The van der Waals surface area contributed by atoms with Gasteiger partial charge in [0.15, 0.2) is 0 Å². The molecule has 1 aromatic heterocycles. The van der Waals surface area contributed by atoms with Gasteiger partial charge in [-0.2, -0.15) is 0 Å². The van der Waals surface area contributed by atoms with Crippen LogP contribution in [0.3, 0.4) is 0 Å². The number of ether oxygens (including phenoxy) is 1. The molecule has 0 atom stereocenters. The lowest BCUT2D eigenvalue weighted by atomic mass is 10.4. The van der Waals surface area contributed by atoms with Crippen molar-refractivity contribution in [2.45, 2.75) is 38.1 Å². The maximum Gasteiger partial charge on any atom is 0.277 e. The number of carbonyl (C=O) groups excluding carboxylic acids is 1. The predicted octanol–water partition coefficient (Wildman–Crippen LogP) is 0.552. The molecule has 0 aliphatic heterocycles. The fourth-order valence-corrected chi connectivity index (χ4v) is 1.79. The summed E-state index contributed by atoms with van der Waals surface area (Å²) in [7, 11) is 0. The SMILES string of the molecule is CC(C)OCCCNC(=O)CSc1nnc(CN)o1. The van der Waals surface area contributed by atoms with Gasteiger partial charge in [0.25, 0.3) is 5.22 Å². The van der Waals surface area contributed by atoms with E-state index in [2.05, 4.69) is 15.5 Å². The van der Waals surface area contributed by atoms with Crippen LogP contribution in [0, 0.1) is 0 Å². The van der Waals surface area contributed by atoms with Gasteiger partial charge >= 0.3 is 0 Å². The van der Waals surface area contributed by atoms with Crippen LogP contribution in [-0.2, 0) is 16.1 Å². The summed E-state index contributed by atoms with van der Waals surface area (Å²) in [5, 5.41) is 10.6. The van der Waals surface area contributed by atoms with Crippen LogP contribution in [-0.4, -0.2) is 41.1 Å². The molecule has 7 nitrogen and oxygen atoms in total. The molecule has 0 bridgehead atoms. The second-order valence-corrected chi connectivity index (χ2v) is 5.00. The Morgan fingerprint density at radius 3 is 2.95 bits per heavy atom. The molecule has 1 aromatic rings. The van der Waals surface area contributed by atoms with Crippen molar-refractivity contribution in [3.63, 3.8) is 0 Å². The Kier molecular flexibility index (Phi) is 7.46. The van der Waals surface area contributed by atoms with Gasteiger partial charge in [0.05, 0.1) is 18.4 Å². The normalized spacial score (nSPS) is 10.9. The van der Waals surface area contributed by atoms with Crippen molar-refractivity contribution in [3.8, 4) is 0 Å². The van der Waals surface area contributed by atoms with Crippen molar-refractivity contribution in [3.05, 3.63) is 5.89 Å². The Labute approximate surface area is 116 Å². The van der Waals surface area contributed by atoms with E-state index in [0.717, 1.165) is 6.42 Å². The van der Waals surface area contributed by atoms with E-state index in [9.17, 15) is 4.79 Å². The van der Waals surface area contributed by atoms with Crippen molar-refractivity contribution in [1.82, 2.24) is 15.5 Å². The number of amides is 1. The molecule has 0 spiro atoms. The van der Waals surface area contributed by atoms with Gasteiger partial charge < -0.3 is 20.2 Å². The summed E-state index contributed by atoms with van der Waals surface area (Å²) in [5.41, 5.74) is 5.34. The molecule has 3 N–H and O–H groups in total. The lowest BCUT2D eigenvalue weighted by Gasteiger charge is -2.07. The molecule has 0 aromatic carbocycles. The highest BCUT2D eigenvalue weighted by atomic mass is 32.2.